The van der Waals surface area contributed by atoms with Gasteiger partial charge >= 0.3 is 5.69 Å². The number of benzene rings is 1. The van der Waals surface area contributed by atoms with Gasteiger partial charge in [-0.2, -0.15) is 9.36 Å². The highest BCUT2D eigenvalue weighted by Gasteiger charge is 2.21. The van der Waals surface area contributed by atoms with E-state index in [1.165, 1.54) is 9.36 Å². The van der Waals surface area contributed by atoms with Crippen LogP contribution in [0.5, 0.6) is 0 Å². The average Bonchev–Trinajstić information content (AvgIpc) is 3.34. The van der Waals surface area contributed by atoms with Gasteiger partial charge in [-0.3, -0.25) is 4.79 Å². The fraction of sp³-hybridized carbons (Fsp3) is 0.556. The van der Waals surface area contributed by atoms with Gasteiger partial charge < -0.3 is 9.64 Å². The fourth-order valence-corrected chi connectivity index (χ4v) is 3.57. The fourth-order valence-electron chi connectivity index (χ4n) is 3.57. The Bertz CT molecular complexity index is 814. The van der Waals surface area contributed by atoms with Crippen molar-refractivity contribution in [1.82, 2.24) is 24.7 Å². The zero-order valence-corrected chi connectivity index (χ0v) is 14.7. The number of hydrogen-bond donors (Lipinski definition) is 0. The Morgan fingerprint density at radius 1 is 1.08 bits per heavy atom. The molecule has 2 saturated heterocycles. The van der Waals surface area contributed by atoms with E-state index in [4.69, 9.17) is 4.74 Å². The molecule has 4 rings (SSSR count). The van der Waals surface area contributed by atoms with Crippen molar-refractivity contribution in [1.29, 1.82) is 0 Å². The highest BCUT2D eigenvalue weighted by molar-refractivity contribution is 5.94. The van der Waals surface area contributed by atoms with Crippen LogP contribution in [0.15, 0.2) is 29.1 Å². The minimum absolute atomic E-state index is 0.0606. The Morgan fingerprint density at radius 2 is 1.77 bits per heavy atom. The van der Waals surface area contributed by atoms with Crippen molar-refractivity contribution < 1.29 is 9.53 Å². The third-order valence-corrected chi connectivity index (χ3v) is 5.12. The number of carbonyl (C=O) groups is 1. The van der Waals surface area contributed by atoms with E-state index in [9.17, 15) is 9.59 Å². The van der Waals surface area contributed by atoms with Crippen LogP contribution in [0.2, 0.25) is 0 Å². The van der Waals surface area contributed by atoms with Gasteiger partial charge in [-0.05, 0) is 53.8 Å². The van der Waals surface area contributed by atoms with E-state index in [0.717, 1.165) is 44.3 Å². The average molecular weight is 357 g/mol. The summed E-state index contributed by atoms with van der Waals surface area (Å²) in [5, 5.41) is 8.04. The van der Waals surface area contributed by atoms with E-state index in [0.29, 0.717) is 25.3 Å². The summed E-state index contributed by atoms with van der Waals surface area (Å²) in [6.07, 6.45) is 3.73. The minimum atomic E-state index is -0.200. The van der Waals surface area contributed by atoms with Gasteiger partial charge in [0.05, 0.1) is 12.6 Å². The van der Waals surface area contributed by atoms with Crippen LogP contribution in [-0.4, -0.2) is 56.9 Å². The number of aromatic nitrogens is 4. The molecule has 1 amide bonds. The van der Waals surface area contributed by atoms with Gasteiger partial charge in [0, 0.05) is 31.9 Å². The molecule has 0 atom stereocenters. The van der Waals surface area contributed by atoms with Crippen LogP contribution in [0.3, 0.4) is 0 Å². The van der Waals surface area contributed by atoms with Crippen molar-refractivity contribution in [3.63, 3.8) is 0 Å². The van der Waals surface area contributed by atoms with Crippen molar-refractivity contribution >= 4 is 5.91 Å². The van der Waals surface area contributed by atoms with Gasteiger partial charge in [0.15, 0.2) is 0 Å². The summed E-state index contributed by atoms with van der Waals surface area (Å²) in [4.78, 5) is 26.8. The molecule has 0 radical (unpaired) electrons. The molecule has 3 heterocycles. The Labute approximate surface area is 151 Å². The van der Waals surface area contributed by atoms with E-state index in [1.54, 1.807) is 0 Å². The highest BCUT2D eigenvalue weighted by atomic mass is 16.5. The second-order valence-corrected chi connectivity index (χ2v) is 6.90. The Kier molecular flexibility index (Phi) is 4.83. The zero-order valence-electron chi connectivity index (χ0n) is 14.7. The number of tetrazole rings is 1. The summed E-state index contributed by atoms with van der Waals surface area (Å²) in [6.45, 7) is 3.32. The van der Waals surface area contributed by atoms with Crippen LogP contribution in [-0.2, 0) is 11.3 Å². The second-order valence-electron chi connectivity index (χ2n) is 6.90. The summed E-state index contributed by atoms with van der Waals surface area (Å²) < 4.78 is 8.16. The molecule has 8 heteroatoms. The van der Waals surface area contributed by atoms with Gasteiger partial charge in [0.1, 0.15) is 0 Å². The van der Waals surface area contributed by atoms with Crippen molar-refractivity contribution in [3.8, 4) is 0 Å². The largest absolute Gasteiger partial charge is 0.381 e. The summed E-state index contributed by atoms with van der Waals surface area (Å²) >= 11 is 0. The molecule has 0 unspecified atom stereocenters. The maximum atomic E-state index is 12.5. The predicted octanol–water partition coefficient (Wildman–Crippen LogP) is 1.08. The lowest BCUT2D eigenvalue weighted by Gasteiger charge is -2.20. The van der Waals surface area contributed by atoms with Gasteiger partial charge in [0.25, 0.3) is 5.91 Å². The SMILES string of the molecule is O=C(c1ccc(Cn2nnn(C3CCOCC3)c2=O)cc1)N1CCCC1. The molecule has 2 aromatic rings. The van der Waals surface area contributed by atoms with Gasteiger partial charge in [0.2, 0.25) is 0 Å². The van der Waals surface area contributed by atoms with Crippen LogP contribution >= 0.6 is 0 Å². The number of ether oxygens (including phenoxy) is 1. The molecule has 0 saturated carbocycles. The Balaban J connectivity index is 1.45. The van der Waals surface area contributed by atoms with Crippen LogP contribution in [0.25, 0.3) is 0 Å². The molecule has 2 aliphatic heterocycles. The predicted molar refractivity (Wildman–Crippen MR) is 94.1 cm³/mol. The molecule has 0 bridgehead atoms. The first-order chi connectivity index (χ1) is 12.7. The lowest BCUT2D eigenvalue weighted by Crippen LogP contribution is -2.31. The molecule has 0 spiro atoms. The quantitative estimate of drug-likeness (QED) is 0.818. The smallest absolute Gasteiger partial charge is 0.364 e. The molecule has 138 valence electrons. The molecule has 1 aromatic heterocycles. The standard InChI is InChI=1S/C18H23N5O3/c24-17(21-9-1-2-10-21)15-5-3-14(4-6-15)13-22-18(25)23(20-19-22)16-7-11-26-12-8-16/h3-6,16H,1-2,7-13H2. The lowest BCUT2D eigenvalue weighted by atomic mass is 10.1. The maximum Gasteiger partial charge on any atom is 0.364 e. The first kappa shape index (κ1) is 17.0. The number of rotatable bonds is 4. The van der Waals surface area contributed by atoms with Crippen LogP contribution < -0.4 is 5.69 Å². The first-order valence-electron chi connectivity index (χ1n) is 9.20. The van der Waals surface area contributed by atoms with Gasteiger partial charge in [-0.15, -0.1) is 0 Å². The molecule has 1 aromatic carbocycles. The summed E-state index contributed by atoms with van der Waals surface area (Å²) in [6, 6.07) is 7.46. The molecular weight excluding hydrogens is 334 g/mol. The first-order valence-corrected chi connectivity index (χ1v) is 9.20. The van der Waals surface area contributed by atoms with Crippen molar-refractivity contribution in [2.24, 2.45) is 0 Å². The van der Waals surface area contributed by atoms with Crippen molar-refractivity contribution in [2.45, 2.75) is 38.3 Å². The number of hydrogen-bond acceptors (Lipinski definition) is 5. The molecule has 0 N–H and O–H groups in total. The van der Waals surface area contributed by atoms with Crippen molar-refractivity contribution in [3.05, 3.63) is 45.9 Å². The molecule has 2 fully saturated rings. The number of carbonyl (C=O) groups excluding carboxylic acids is 1. The van der Waals surface area contributed by atoms with Crippen LogP contribution in [0.1, 0.15) is 47.6 Å². The van der Waals surface area contributed by atoms with Gasteiger partial charge in [-0.25, -0.2) is 4.79 Å². The van der Waals surface area contributed by atoms with Gasteiger partial charge in [-0.1, -0.05) is 12.1 Å². The third kappa shape index (κ3) is 3.41. The number of likely N-dealkylation sites (tertiary alicyclic amines) is 1. The van der Waals surface area contributed by atoms with E-state index in [2.05, 4.69) is 10.4 Å². The van der Waals surface area contributed by atoms with E-state index in [-0.39, 0.29) is 17.6 Å². The van der Waals surface area contributed by atoms with Crippen LogP contribution in [0.4, 0.5) is 0 Å². The van der Waals surface area contributed by atoms with Crippen molar-refractivity contribution in [2.75, 3.05) is 26.3 Å². The molecular formula is C18H23N5O3. The number of nitrogens with zero attached hydrogens (tertiary/aromatic N) is 5. The van der Waals surface area contributed by atoms with E-state index >= 15 is 0 Å². The summed E-state index contributed by atoms with van der Waals surface area (Å²) in [5.41, 5.74) is 1.41. The molecule has 0 aliphatic carbocycles. The molecule has 2 aliphatic rings. The highest BCUT2D eigenvalue weighted by Crippen LogP contribution is 2.17. The Hall–Kier alpha value is -2.48. The minimum Gasteiger partial charge on any atom is -0.381 e. The molecule has 26 heavy (non-hydrogen) atoms. The number of amides is 1. The second kappa shape index (κ2) is 7.41. The zero-order chi connectivity index (χ0) is 17.9. The lowest BCUT2D eigenvalue weighted by molar-refractivity contribution is 0.0647. The summed E-state index contributed by atoms with van der Waals surface area (Å²) in [7, 11) is 0. The normalized spacial score (nSPS) is 18.4. The van der Waals surface area contributed by atoms with Crippen LogP contribution in [0, 0.1) is 0 Å². The Morgan fingerprint density at radius 3 is 2.46 bits per heavy atom. The van der Waals surface area contributed by atoms with E-state index < -0.39 is 0 Å². The third-order valence-electron chi connectivity index (χ3n) is 5.12. The summed E-state index contributed by atoms with van der Waals surface area (Å²) in [5.74, 6) is 0.0803. The topological polar surface area (TPSA) is 82.2 Å². The molecule has 8 nitrogen and oxygen atoms in total. The monoisotopic (exact) mass is 357 g/mol. The maximum absolute atomic E-state index is 12.5. The van der Waals surface area contributed by atoms with E-state index in [1.807, 2.05) is 29.2 Å².